The summed E-state index contributed by atoms with van der Waals surface area (Å²) in [5.41, 5.74) is 8.95. The van der Waals surface area contributed by atoms with Crippen molar-refractivity contribution in [1.29, 1.82) is 0 Å². The number of hydroxylamine groups is 2. The lowest BCUT2D eigenvalue weighted by Crippen LogP contribution is -2.71. The molecule has 0 unspecified atom stereocenters. The van der Waals surface area contributed by atoms with Gasteiger partial charge in [0.2, 0.25) is 0 Å². The summed E-state index contributed by atoms with van der Waals surface area (Å²) in [4.78, 5) is 0. The van der Waals surface area contributed by atoms with E-state index in [9.17, 15) is 0 Å². The minimum Gasteiger partial charge on any atom is -0.305 e. The lowest BCUT2D eigenvalue weighted by atomic mass is 10.1. The number of allylic oxidation sites excluding steroid dienone is 4. The van der Waals surface area contributed by atoms with Gasteiger partial charge in [0, 0.05) is 11.4 Å². The third kappa shape index (κ3) is 6.34. The average molecular weight is 659 g/mol. The summed E-state index contributed by atoms with van der Waals surface area (Å²) in [5.74, 6) is 0. The summed E-state index contributed by atoms with van der Waals surface area (Å²) in [6.45, 7) is 0. The largest absolute Gasteiger partial charge is 0.321 e. The first-order valence-electron chi connectivity index (χ1n) is 16.4. The third-order valence-corrected chi connectivity index (χ3v) is 16.6. The molecule has 48 heavy (non-hydrogen) atoms. The lowest BCUT2D eigenvalue weighted by molar-refractivity contribution is 0.215. The van der Waals surface area contributed by atoms with Gasteiger partial charge in [-0.2, -0.15) is 0 Å². The van der Waals surface area contributed by atoms with Crippen LogP contribution in [0.1, 0.15) is 12.8 Å². The van der Waals surface area contributed by atoms with Crippen molar-refractivity contribution in [2.45, 2.75) is 12.8 Å². The molecule has 7 rings (SSSR count). The van der Waals surface area contributed by atoms with Gasteiger partial charge in [-0.25, -0.2) is 0 Å². The molecule has 0 radical (unpaired) electrons. The van der Waals surface area contributed by atoms with E-state index in [0.29, 0.717) is 0 Å². The summed E-state index contributed by atoms with van der Waals surface area (Å²) in [5, 5.41) is 7.09. The molecule has 6 heteroatoms. The van der Waals surface area contributed by atoms with Crippen molar-refractivity contribution in [3.8, 4) is 0 Å². The van der Waals surface area contributed by atoms with Gasteiger partial charge < -0.3 is 9.05 Å². The Morgan fingerprint density at radius 1 is 0.312 bits per heavy atom. The Morgan fingerprint density at radius 2 is 0.521 bits per heavy atom. The average Bonchev–Trinajstić information content (AvgIpc) is 3.18. The summed E-state index contributed by atoms with van der Waals surface area (Å²) in [6, 6.07) is 63.7. The minimum absolute atomic E-state index is 0.779. The highest BCUT2D eigenvalue weighted by Crippen LogP contribution is 2.18. The van der Waals surface area contributed by atoms with E-state index in [1.807, 2.05) is 0 Å². The summed E-state index contributed by atoms with van der Waals surface area (Å²) in [7, 11) is -5.77. The Morgan fingerprint density at radius 3 is 0.708 bits per heavy atom. The normalized spacial score (nSPS) is 13.2. The van der Waals surface area contributed by atoms with Gasteiger partial charge in [0.25, 0.3) is 0 Å². The minimum atomic E-state index is -2.88. The zero-order chi connectivity index (χ0) is 32.5. The van der Waals surface area contributed by atoms with Crippen LogP contribution in [0.2, 0.25) is 0 Å². The molecule has 0 aliphatic heterocycles. The highest BCUT2D eigenvalue weighted by atomic mass is 28.4. The molecule has 1 aliphatic rings. The fourth-order valence-corrected chi connectivity index (χ4v) is 13.7. The topological polar surface area (TPSA) is 42.5 Å². The molecule has 0 saturated carbocycles. The maximum atomic E-state index is 7.00. The summed E-state index contributed by atoms with van der Waals surface area (Å²) >= 11 is 0. The molecule has 0 aromatic heterocycles. The molecular formula is C42H38N2O2Si2. The maximum absolute atomic E-state index is 7.00. The van der Waals surface area contributed by atoms with Gasteiger partial charge in [-0.1, -0.05) is 182 Å². The molecule has 6 aromatic carbocycles. The third-order valence-electron chi connectivity index (χ3n) is 8.90. The number of hydrogen-bond acceptors (Lipinski definition) is 4. The quantitative estimate of drug-likeness (QED) is 0.111. The smallest absolute Gasteiger partial charge is 0.305 e. The van der Waals surface area contributed by atoms with Gasteiger partial charge in [-0.05, 0) is 56.1 Å². The van der Waals surface area contributed by atoms with E-state index in [1.54, 1.807) is 0 Å². The van der Waals surface area contributed by atoms with Gasteiger partial charge in [-0.3, -0.25) is 11.0 Å². The molecule has 0 bridgehead atoms. The molecule has 0 fully saturated rings. The van der Waals surface area contributed by atoms with Gasteiger partial charge in [0.05, 0.1) is 0 Å². The Bertz CT molecular complexity index is 1620. The first-order valence-corrected chi connectivity index (χ1v) is 20.2. The molecule has 2 N–H and O–H groups in total. The van der Waals surface area contributed by atoms with Crippen LogP contribution < -0.4 is 42.1 Å². The van der Waals surface area contributed by atoms with E-state index in [-0.39, 0.29) is 0 Å². The van der Waals surface area contributed by atoms with Gasteiger partial charge in [0.1, 0.15) is 0 Å². The molecule has 1 aliphatic carbocycles. The van der Waals surface area contributed by atoms with Crippen LogP contribution >= 0.6 is 0 Å². The highest BCUT2D eigenvalue weighted by molar-refractivity contribution is 7.07. The fourth-order valence-electron chi connectivity index (χ4n) is 6.48. The van der Waals surface area contributed by atoms with E-state index in [4.69, 9.17) is 9.05 Å². The van der Waals surface area contributed by atoms with Crippen molar-refractivity contribution in [3.05, 3.63) is 206 Å². The molecule has 0 spiro atoms. The van der Waals surface area contributed by atoms with Gasteiger partial charge in [0.15, 0.2) is 0 Å². The first-order chi connectivity index (χ1) is 23.8. The Hall–Kier alpha value is -5.25. The Labute approximate surface area is 285 Å². The fraction of sp³-hybridized carbons (Fsp3) is 0.0476. The van der Waals surface area contributed by atoms with Gasteiger partial charge in [-0.15, -0.1) is 0 Å². The standard InChI is InChI=1S/C42H38N2O2Si2/c1-7-19-37(20-8-1)47(38-21-9-2-10-22-38,39-23-11-3-12-24-39)45-43-35-31-33-36(34-32-35)44-46-48(40-25-13-4-14-26-40,41-27-15-5-16-28-41)42-29-17-6-18-30-42/h1-31,33,43-44H,32,34H2. The SMILES string of the molecule is C1=C(NO[Si](c2ccccc2)(c2ccccc2)c2ccccc2)CCC(NO[Si](c2ccccc2)(c2ccccc2)c2ccccc2)=C1. The van der Waals surface area contributed by atoms with Crippen molar-refractivity contribution < 1.29 is 9.05 Å². The van der Waals surface area contributed by atoms with Crippen molar-refractivity contribution in [3.63, 3.8) is 0 Å². The van der Waals surface area contributed by atoms with Gasteiger partial charge >= 0.3 is 16.6 Å². The summed E-state index contributed by atoms with van der Waals surface area (Å²) in [6.07, 6.45) is 5.77. The maximum Gasteiger partial charge on any atom is 0.321 e. The Kier molecular flexibility index (Phi) is 9.58. The van der Waals surface area contributed by atoms with E-state index in [2.05, 4.69) is 205 Å². The van der Waals surface area contributed by atoms with Crippen LogP contribution in [0.5, 0.6) is 0 Å². The predicted molar refractivity (Wildman–Crippen MR) is 202 cm³/mol. The lowest BCUT2D eigenvalue weighted by Gasteiger charge is -2.34. The molecule has 0 amide bonds. The van der Waals surface area contributed by atoms with Crippen LogP contribution in [0.25, 0.3) is 0 Å². The number of hydrogen-bond donors (Lipinski definition) is 2. The molecule has 0 atom stereocenters. The second kappa shape index (κ2) is 14.7. The van der Waals surface area contributed by atoms with Crippen molar-refractivity contribution in [2.24, 2.45) is 0 Å². The van der Waals surface area contributed by atoms with E-state index in [1.165, 1.54) is 31.1 Å². The summed E-state index contributed by atoms with van der Waals surface area (Å²) < 4.78 is 14.0. The molecule has 6 aromatic rings. The van der Waals surface area contributed by atoms with Crippen LogP contribution in [0.3, 0.4) is 0 Å². The van der Waals surface area contributed by atoms with Crippen LogP contribution in [0.15, 0.2) is 206 Å². The molecule has 4 nitrogen and oxygen atoms in total. The molecule has 0 heterocycles. The van der Waals surface area contributed by atoms with Crippen LogP contribution in [0.4, 0.5) is 0 Å². The van der Waals surface area contributed by atoms with E-state index in [0.717, 1.165) is 24.2 Å². The number of nitrogens with one attached hydrogen (secondary N) is 2. The zero-order valence-electron chi connectivity index (χ0n) is 26.7. The van der Waals surface area contributed by atoms with Crippen molar-refractivity contribution in [2.75, 3.05) is 0 Å². The van der Waals surface area contributed by atoms with Crippen LogP contribution in [0, 0.1) is 0 Å². The van der Waals surface area contributed by atoms with Crippen LogP contribution in [-0.2, 0) is 9.05 Å². The zero-order valence-corrected chi connectivity index (χ0v) is 28.7. The second-order valence-electron chi connectivity index (χ2n) is 11.9. The van der Waals surface area contributed by atoms with Crippen LogP contribution in [-0.4, -0.2) is 16.6 Å². The Balaban J connectivity index is 1.18. The molecule has 0 saturated heterocycles. The molecule has 236 valence electrons. The number of rotatable bonds is 12. The predicted octanol–water partition coefficient (Wildman–Crippen LogP) is 4.92. The van der Waals surface area contributed by atoms with Crippen molar-refractivity contribution >= 4 is 47.8 Å². The first kappa shape index (κ1) is 31.4. The highest BCUT2D eigenvalue weighted by Gasteiger charge is 2.44. The van der Waals surface area contributed by atoms with E-state index < -0.39 is 16.6 Å². The molecular weight excluding hydrogens is 621 g/mol. The number of benzene rings is 6. The second-order valence-corrected chi connectivity index (χ2v) is 18.4. The van der Waals surface area contributed by atoms with Crippen molar-refractivity contribution in [1.82, 2.24) is 11.0 Å². The monoisotopic (exact) mass is 658 g/mol. The van der Waals surface area contributed by atoms with E-state index >= 15 is 0 Å².